The molecular weight excluding hydrogens is 393 g/mol. The van der Waals surface area contributed by atoms with Crippen LogP contribution in [0, 0.1) is 5.41 Å². The number of nitrogens with zero attached hydrogens (tertiary/aromatic N) is 1. The lowest BCUT2D eigenvalue weighted by Gasteiger charge is -2.11. The third kappa shape index (κ3) is 5.18. The van der Waals surface area contributed by atoms with Crippen LogP contribution in [0.5, 0.6) is 0 Å². The van der Waals surface area contributed by atoms with E-state index in [2.05, 4.69) is 10.3 Å². The van der Waals surface area contributed by atoms with Crippen molar-refractivity contribution in [2.45, 2.75) is 19.8 Å². The average Bonchev–Trinajstić information content (AvgIpc) is 2.69. The van der Waals surface area contributed by atoms with Crippen molar-refractivity contribution in [3.05, 3.63) is 93.1 Å². The molecule has 0 aliphatic rings. The molecule has 0 fully saturated rings. The minimum Gasteiger partial charge on any atom is -0.307 e. The Kier molecular flexibility index (Phi) is 6.45. The maximum absolute atomic E-state index is 12.7. The quantitative estimate of drug-likeness (QED) is 0.502. The molecule has 0 unspecified atom stereocenters. The number of rotatable bonds is 6. The van der Waals surface area contributed by atoms with Crippen molar-refractivity contribution in [2.24, 2.45) is 0 Å². The second kappa shape index (κ2) is 9.00. The molecule has 1 aromatic heterocycles. The molecule has 4 nitrogen and oxygen atoms in total. The Hall–Kier alpha value is -2.69. The normalized spacial score (nSPS) is 10.5. The molecule has 0 spiro atoms. The van der Waals surface area contributed by atoms with E-state index in [0.29, 0.717) is 33.6 Å². The number of benzene rings is 2. The lowest BCUT2D eigenvalue weighted by Crippen LogP contribution is -2.15. The Morgan fingerprint density at radius 3 is 2.36 bits per heavy atom. The molecule has 1 heterocycles. The van der Waals surface area contributed by atoms with Gasteiger partial charge < -0.3 is 10.7 Å². The van der Waals surface area contributed by atoms with Crippen LogP contribution in [0.2, 0.25) is 10.0 Å². The van der Waals surface area contributed by atoms with E-state index in [9.17, 15) is 4.79 Å². The number of hydrogen-bond acceptors (Lipinski definition) is 3. The monoisotopic (exact) mass is 411 g/mol. The minimum atomic E-state index is -0.262. The summed E-state index contributed by atoms with van der Waals surface area (Å²) in [7, 11) is 0. The van der Waals surface area contributed by atoms with E-state index in [-0.39, 0.29) is 5.91 Å². The summed E-state index contributed by atoms with van der Waals surface area (Å²) in [6.45, 7) is 1.77. The molecule has 2 aromatic carbocycles. The fraction of sp³-hybridized carbons (Fsp3) is 0.136. The molecule has 0 atom stereocenters. The Morgan fingerprint density at radius 1 is 1.00 bits per heavy atom. The Labute approximate surface area is 174 Å². The van der Waals surface area contributed by atoms with Crippen LogP contribution in [-0.4, -0.2) is 16.6 Å². The highest BCUT2D eigenvalue weighted by molar-refractivity contribution is 6.31. The number of amides is 1. The van der Waals surface area contributed by atoms with Gasteiger partial charge in [0.25, 0.3) is 5.91 Å². The number of pyridine rings is 1. The van der Waals surface area contributed by atoms with Gasteiger partial charge in [-0.05, 0) is 60.7 Å². The number of carbonyl (C=O) groups excluding carboxylic acids is 1. The molecule has 0 radical (unpaired) electrons. The van der Waals surface area contributed by atoms with Crippen LogP contribution in [0.3, 0.4) is 0 Å². The van der Waals surface area contributed by atoms with E-state index < -0.39 is 0 Å². The third-order valence-electron chi connectivity index (χ3n) is 4.36. The summed E-state index contributed by atoms with van der Waals surface area (Å²) in [5, 5.41) is 11.5. The zero-order chi connectivity index (χ0) is 20.1. The number of anilines is 1. The average molecular weight is 412 g/mol. The summed E-state index contributed by atoms with van der Waals surface area (Å²) < 4.78 is 0. The van der Waals surface area contributed by atoms with Gasteiger partial charge >= 0.3 is 0 Å². The highest BCUT2D eigenvalue weighted by atomic mass is 35.5. The van der Waals surface area contributed by atoms with Crippen LogP contribution in [0.4, 0.5) is 5.82 Å². The maximum Gasteiger partial charge on any atom is 0.257 e. The molecule has 0 saturated carbocycles. The van der Waals surface area contributed by atoms with Gasteiger partial charge in [0.15, 0.2) is 0 Å². The van der Waals surface area contributed by atoms with Gasteiger partial charge in [0.2, 0.25) is 0 Å². The lowest BCUT2D eigenvalue weighted by atomic mass is 9.98. The zero-order valence-electron chi connectivity index (χ0n) is 15.3. The summed E-state index contributed by atoms with van der Waals surface area (Å²) in [6, 6.07) is 16.6. The molecular formula is C22H19Cl2N3O. The van der Waals surface area contributed by atoms with Gasteiger partial charge in [-0.2, -0.15) is 0 Å². The van der Waals surface area contributed by atoms with Gasteiger partial charge in [0.05, 0.1) is 5.02 Å². The Balaban J connectivity index is 1.75. The van der Waals surface area contributed by atoms with Gasteiger partial charge in [-0.3, -0.25) is 4.79 Å². The number of carbonyl (C=O) groups is 1. The second-order valence-corrected chi connectivity index (χ2v) is 7.31. The van der Waals surface area contributed by atoms with Gasteiger partial charge in [-0.25, -0.2) is 4.98 Å². The minimum absolute atomic E-state index is 0.262. The fourth-order valence-electron chi connectivity index (χ4n) is 2.81. The molecule has 0 aliphatic carbocycles. The maximum atomic E-state index is 12.7. The van der Waals surface area contributed by atoms with Crippen LogP contribution in [-0.2, 0) is 12.8 Å². The molecule has 0 bridgehead atoms. The smallest absolute Gasteiger partial charge is 0.257 e. The predicted octanol–water partition coefficient (Wildman–Crippen LogP) is 5.81. The van der Waals surface area contributed by atoms with Crippen molar-refractivity contribution in [1.29, 1.82) is 5.41 Å². The number of aryl methyl sites for hydroxylation is 2. The van der Waals surface area contributed by atoms with Crippen molar-refractivity contribution >= 4 is 40.6 Å². The summed E-state index contributed by atoms with van der Waals surface area (Å²) in [5.74, 6) is 0.167. The highest BCUT2D eigenvalue weighted by Gasteiger charge is 2.13. The fourth-order valence-corrected chi connectivity index (χ4v) is 3.10. The molecule has 1 amide bonds. The van der Waals surface area contributed by atoms with Crippen LogP contribution in [0.1, 0.15) is 34.0 Å². The van der Waals surface area contributed by atoms with E-state index in [1.165, 1.54) is 6.20 Å². The summed E-state index contributed by atoms with van der Waals surface area (Å²) >= 11 is 11.9. The number of halogens is 2. The predicted molar refractivity (Wildman–Crippen MR) is 115 cm³/mol. The lowest BCUT2D eigenvalue weighted by molar-refractivity contribution is 0.102. The Morgan fingerprint density at radius 2 is 1.71 bits per heavy atom. The van der Waals surface area contributed by atoms with E-state index in [1.807, 2.05) is 30.3 Å². The van der Waals surface area contributed by atoms with Crippen molar-refractivity contribution in [1.82, 2.24) is 4.98 Å². The summed E-state index contributed by atoms with van der Waals surface area (Å²) in [6.07, 6.45) is 2.95. The molecule has 3 aromatic rings. The first-order valence-electron chi connectivity index (χ1n) is 8.78. The first kappa shape index (κ1) is 20.1. The van der Waals surface area contributed by atoms with E-state index in [4.69, 9.17) is 28.6 Å². The third-order valence-corrected chi connectivity index (χ3v) is 4.81. The molecule has 2 N–H and O–H groups in total. The van der Waals surface area contributed by atoms with E-state index in [0.717, 1.165) is 23.1 Å². The van der Waals surface area contributed by atoms with E-state index >= 15 is 0 Å². The molecule has 0 aliphatic heterocycles. The molecule has 28 heavy (non-hydrogen) atoms. The standard InChI is InChI=1S/C22H19Cl2N3O/c1-14(25)16-5-2-15(3-6-16)4-7-17-8-9-18(23)12-20(17)22(28)27-21-11-10-19(24)13-26-21/h2-3,5-6,8-13,25H,4,7H2,1H3,(H,26,27,28). The zero-order valence-corrected chi connectivity index (χ0v) is 16.8. The van der Waals surface area contributed by atoms with Crippen LogP contribution in [0.15, 0.2) is 60.8 Å². The van der Waals surface area contributed by atoms with Crippen molar-refractivity contribution in [2.75, 3.05) is 5.32 Å². The van der Waals surface area contributed by atoms with Crippen LogP contribution >= 0.6 is 23.2 Å². The summed E-state index contributed by atoms with van der Waals surface area (Å²) in [5.41, 5.74) is 4.02. The van der Waals surface area contributed by atoms with Crippen molar-refractivity contribution in [3.63, 3.8) is 0 Å². The second-order valence-electron chi connectivity index (χ2n) is 6.44. The molecule has 0 saturated heterocycles. The van der Waals surface area contributed by atoms with Gasteiger partial charge in [-0.1, -0.05) is 53.5 Å². The molecule has 6 heteroatoms. The first-order valence-corrected chi connectivity index (χ1v) is 9.54. The summed E-state index contributed by atoms with van der Waals surface area (Å²) in [4.78, 5) is 16.8. The van der Waals surface area contributed by atoms with Gasteiger partial charge in [0.1, 0.15) is 5.82 Å². The SMILES string of the molecule is CC(=N)c1ccc(CCc2ccc(Cl)cc2C(=O)Nc2ccc(Cl)cn2)cc1. The van der Waals surface area contributed by atoms with Crippen LogP contribution in [0.25, 0.3) is 0 Å². The number of aromatic nitrogens is 1. The Bertz CT molecular complexity index is 999. The highest BCUT2D eigenvalue weighted by Crippen LogP contribution is 2.20. The molecule has 3 rings (SSSR count). The largest absolute Gasteiger partial charge is 0.307 e. The van der Waals surface area contributed by atoms with Crippen molar-refractivity contribution < 1.29 is 4.79 Å². The molecule has 142 valence electrons. The van der Waals surface area contributed by atoms with E-state index in [1.54, 1.807) is 31.2 Å². The van der Waals surface area contributed by atoms with Gasteiger partial charge in [0, 0.05) is 22.5 Å². The van der Waals surface area contributed by atoms with Crippen molar-refractivity contribution in [3.8, 4) is 0 Å². The topological polar surface area (TPSA) is 65.8 Å². The van der Waals surface area contributed by atoms with Gasteiger partial charge in [-0.15, -0.1) is 0 Å². The first-order chi connectivity index (χ1) is 13.4. The van der Waals surface area contributed by atoms with Crippen LogP contribution < -0.4 is 5.32 Å². The number of nitrogens with one attached hydrogen (secondary N) is 2. The number of hydrogen-bond donors (Lipinski definition) is 2.